The summed E-state index contributed by atoms with van der Waals surface area (Å²) in [4.78, 5) is 30.7. The fourth-order valence-electron chi connectivity index (χ4n) is 2.29. The summed E-state index contributed by atoms with van der Waals surface area (Å²) in [6, 6.07) is 4.55. The number of phenolic OH excluding ortho intramolecular Hbond substituents is 1. The van der Waals surface area contributed by atoms with Gasteiger partial charge in [0.15, 0.2) is 11.6 Å². The van der Waals surface area contributed by atoms with Crippen molar-refractivity contribution in [3.05, 3.63) is 57.5 Å². The molecule has 1 aromatic heterocycles. The Morgan fingerprint density at radius 3 is 2.83 bits per heavy atom. The number of aromatic nitrogens is 2. The molecule has 3 N–H and O–H groups in total. The molecule has 1 amide bonds. The second-order valence-corrected chi connectivity index (χ2v) is 5.70. The van der Waals surface area contributed by atoms with Crippen molar-refractivity contribution in [2.24, 2.45) is 0 Å². The van der Waals surface area contributed by atoms with Crippen LogP contribution in [0.25, 0.3) is 0 Å². The van der Waals surface area contributed by atoms with Crippen molar-refractivity contribution < 1.29 is 14.3 Å². The van der Waals surface area contributed by atoms with Gasteiger partial charge in [-0.15, -0.1) is 0 Å². The molecule has 0 saturated heterocycles. The third-order valence-corrected chi connectivity index (χ3v) is 3.78. The molecule has 3 rings (SSSR count). The Hall–Kier alpha value is -2.70. The molecule has 1 aliphatic carbocycles. The van der Waals surface area contributed by atoms with E-state index in [4.69, 9.17) is 0 Å². The Bertz CT molecular complexity index is 814. The first-order chi connectivity index (χ1) is 10.9. The average Bonchev–Trinajstić information content (AvgIpc) is 3.34. The zero-order chi connectivity index (χ0) is 16.6. The Labute approximate surface area is 131 Å². The maximum atomic E-state index is 13.4. The summed E-state index contributed by atoms with van der Waals surface area (Å²) < 4.78 is 13.4. The van der Waals surface area contributed by atoms with E-state index in [0.29, 0.717) is 11.4 Å². The van der Waals surface area contributed by atoms with Crippen molar-refractivity contribution in [1.29, 1.82) is 0 Å². The highest BCUT2D eigenvalue weighted by Crippen LogP contribution is 2.37. The molecule has 1 saturated carbocycles. The van der Waals surface area contributed by atoms with Crippen LogP contribution in [0.2, 0.25) is 0 Å². The number of carbonyl (C=O) groups is 1. The Balaban J connectivity index is 1.78. The molecule has 1 aliphatic rings. The van der Waals surface area contributed by atoms with E-state index in [1.165, 1.54) is 12.1 Å². The lowest BCUT2D eigenvalue weighted by molar-refractivity contribution is 0.0934. The number of nitrogens with one attached hydrogen (secondary N) is 2. The van der Waals surface area contributed by atoms with Gasteiger partial charge in [0, 0.05) is 12.0 Å². The van der Waals surface area contributed by atoms with E-state index in [0.717, 1.165) is 25.0 Å². The number of benzene rings is 1. The first-order valence-corrected chi connectivity index (χ1v) is 7.34. The molecular weight excluding hydrogens is 301 g/mol. The molecule has 6 nitrogen and oxygen atoms in total. The van der Waals surface area contributed by atoms with Gasteiger partial charge in [0.25, 0.3) is 11.5 Å². The second-order valence-electron chi connectivity index (χ2n) is 5.70. The van der Waals surface area contributed by atoms with Gasteiger partial charge in [0.05, 0.1) is 6.04 Å². The van der Waals surface area contributed by atoms with E-state index in [9.17, 15) is 19.1 Å². The fourth-order valence-corrected chi connectivity index (χ4v) is 2.29. The van der Waals surface area contributed by atoms with E-state index in [2.05, 4.69) is 15.3 Å². The number of nitrogens with zero attached hydrogens (tertiary/aromatic N) is 1. The summed E-state index contributed by atoms with van der Waals surface area (Å²) in [5.74, 6) is -0.949. The van der Waals surface area contributed by atoms with Crippen LogP contribution in [0.15, 0.2) is 29.1 Å². The highest BCUT2D eigenvalue weighted by molar-refractivity contribution is 5.92. The van der Waals surface area contributed by atoms with Crippen molar-refractivity contribution in [1.82, 2.24) is 15.3 Å². The number of hydrogen-bond acceptors (Lipinski definition) is 4. The predicted molar refractivity (Wildman–Crippen MR) is 80.8 cm³/mol. The average molecular weight is 317 g/mol. The fraction of sp³-hybridized carbons (Fsp3) is 0.312. The lowest BCUT2D eigenvalue weighted by Gasteiger charge is -2.14. The molecule has 1 atom stereocenters. The maximum Gasteiger partial charge on any atom is 0.270 e. The van der Waals surface area contributed by atoms with Crippen LogP contribution >= 0.6 is 0 Å². The minimum absolute atomic E-state index is 0.0433. The summed E-state index contributed by atoms with van der Waals surface area (Å²) in [5.41, 5.74) is 0.179. The topological polar surface area (TPSA) is 95.1 Å². The van der Waals surface area contributed by atoms with Gasteiger partial charge in [0.1, 0.15) is 11.5 Å². The number of phenols is 1. The number of aromatic amines is 1. The van der Waals surface area contributed by atoms with Crippen molar-refractivity contribution in [3.63, 3.8) is 0 Å². The normalized spacial score (nSPS) is 15.2. The smallest absolute Gasteiger partial charge is 0.270 e. The Morgan fingerprint density at radius 1 is 1.43 bits per heavy atom. The van der Waals surface area contributed by atoms with Gasteiger partial charge in [-0.2, -0.15) is 0 Å². The van der Waals surface area contributed by atoms with E-state index in [1.807, 2.05) is 0 Å². The van der Waals surface area contributed by atoms with Gasteiger partial charge < -0.3 is 15.4 Å². The molecule has 120 valence electrons. The van der Waals surface area contributed by atoms with Gasteiger partial charge in [0.2, 0.25) is 0 Å². The summed E-state index contributed by atoms with van der Waals surface area (Å²) >= 11 is 0. The maximum absolute atomic E-state index is 13.4. The molecular formula is C16H16FN3O3. The molecule has 0 unspecified atom stereocenters. The molecule has 0 radical (unpaired) electrons. The van der Waals surface area contributed by atoms with Gasteiger partial charge in [-0.25, -0.2) is 9.37 Å². The van der Waals surface area contributed by atoms with Crippen LogP contribution in [0.3, 0.4) is 0 Å². The first-order valence-electron chi connectivity index (χ1n) is 7.34. The molecule has 1 heterocycles. The lowest BCUT2D eigenvalue weighted by atomic mass is 10.1. The minimum Gasteiger partial charge on any atom is -0.505 e. The van der Waals surface area contributed by atoms with Crippen LogP contribution < -0.4 is 10.9 Å². The zero-order valence-electron chi connectivity index (χ0n) is 12.5. The highest BCUT2D eigenvalue weighted by atomic mass is 19.1. The standard InChI is InChI=1S/C16H16FN3O3/c1-8(10-4-5-13(21)11(17)6-10)18-16(23)12-7-14(22)20-15(19-12)9-2-3-9/h4-9,21H,2-3H2,1H3,(H,18,23)(H,19,20,22)/t8-/m1/s1. The van der Waals surface area contributed by atoms with Crippen LogP contribution in [0, 0.1) is 5.82 Å². The van der Waals surface area contributed by atoms with Gasteiger partial charge in [-0.1, -0.05) is 6.07 Å². The van der Waals surface area contributed by atoms with E-state index < -0.39 is 23.5 Å². The first kappa shape index (κ1) is 15.2. The van der Waals surface area contributed by atoms with Gasteiger partial charge in [-0.05, 0) is 37.5 Å². The predicted octanol–water partition coefficient (Wildman–Crippen LogP) is 1.98. The van der Waals surface area contributed by atoms with Crippen LogP contribution in [-0.4, -0.2) is 21.0 Å². The molecule has 2 aromatic rings. The molecule has 0 aliphatic heterocycles. The summed E-state index contributed by atoms with van der Waals surface area (Å²) in [7, 11) is 0. The molecule has 1 aromatic carbocycles. The largest absolute Gasteiger partial charge is 0.505 e. The summed E-state index contributed by atoms with van der Waals surface area (Å²) in [5, 5.41) is 11.9. The highest BCUT2D eigenvalue weighted by Gasteiger charge is 2.27. The third-order valence-electron chi connectivity index (χ3n) is 3.78. The molecule has 7 heteroatoms. The van der Waals surface area contributed by atoms with Crippen molar-refractivity contribution in [2.45, 2.75) is 31.7 Å². The van der Waals surface area contributed by atoms with Crippen molar-refractivity contribution >= 4 is 5.91 Å². The number of rotatable bonds is 4. The Morgan fingerprint density at radius 2 is 2.17 bits per heavy atom. The summed E-state index contributed by atoms with van der Waals surface area (Å²) in [6.07, 6.45) is 1.91. The number of halogens is 1. The minimum atomic E-state index is -0.756. The zero-order valence-corrected chi connectivity index (χ0v) is 12.5. The van der Waals surface area contributed by atoms with Crippen molar-refractivity contribution in [2.75, 3.05) is 0 Å². The SMILES string of the molecule is C[C@@H](NC(=O)c1cc(=O)[nH]c(C2CC2)n1)c1ccc(O)c(F)c1. The second kappa shape index (κ2) is 5.83. The number of aromatic hydroxyl groups is 1. The van der Waals surface area contributed by atoms with Gasteiger partial charge >= 0.3 is 0 Å². The van der Waals surface area contributed by atoms with E-state index >= 15 is 0 Å². The van der Waals surface area contributed by atoms with Crippen LogP contribution in [-0.2, 0) is 0 Å². The number of hydrogen-bond donors (Lipinski definition) is 3. The van der Waals surface area contributed by atoms with Crippen molar-refractivity contribution in [3.8, 4) is 5.75 Å². The molecule has 0 bridgehead atoms. The van der Waals surface area contributed by atoms with Crippen LogP contribution in [0.5, 0.6) is 5.75 Å². The van der Waals surface area contributed by atoms with E-state index in [1.54, 1.807) is 6.92 Å². The number of H-pyrrole nitrogens is 1. The summed E-state index contributed by atoms with van der Waals surface area (Å²) in [6.45, 7) is 1.68. The van der Waals surface area contributed by atoms with E-state index in [-0.39, 0.29) is 17.2 Å². The number of carbonyl (C=O) groups excluding carboxylic acids is 1. The molecule has 1 fully saturated rings. The quantitative estimate of drug-likeness (QED) is 0.803. The molecule has 23 heavy (non-hydrogen) atoms. The van der Waals surface area contributed by atoms with Gasteiger partial charge in [-0.3, -0.25) is 9.59 Å². The Kier molecular flexibility index (Phi) is 3.85. The number of amides is 1. The monoisotopic (exact) mass is 317 g/mol. The lowest BCUT2D eigenvalue weighted by Crippen LogP contribution is -2.29. The van der Waals surface area contributed by atoms with Crippen LogP contribution in [0.4, 0.5) is 4.39 Å². The van der Waals surface area contributed by atoms with Crippen LogP contribution in [0.1, 0.15) is 53.6 Å². The molecule has 0 spiro atoms. The third kappa shape index (κ3) is 3.39.